The van der Waals surface area contributed by atoms with Crippen molar-refractivity contribution in [2.24, 2.45) is 7.05 Å². The Hall–Kier alpha value is -4.18. The van der Waals surface area contributed by atoms with E-state index in [1.165, 1.54) is 4.57 Å². The van der Waals surface area contributed by atoms with Gasteiger partial charge in [-0.25, -0.2) is 9.67 Å². The van der Waals surface area contributed by atoms with E-state index >= 15 is 0 Å². The van der Waals surface area contributed by atoms with E-state index in [9.17, 15) is 10.1 Å². The second-order valence-electron chi connectivity index (χ2n) is 6.44. The zero-order chi connectivity index (χ0) is 20.4. The minimum Gasteiger partial charge on any atom is -0.481 e. The van der Waals surface area contributed by atoms with Gasteiger partial charge in [0, 0.05) is 54.5 Å². The van der Waals surface area contributed by atoms with E-state index in [1.807, 2.05) is 30.5 Å². The van der Waals surface area contributed by atoms with E-state index < -0.39 is 0 Å². The molecule has 0 bridgehead atoms. The van der Waals surface area contributed by atoms with Crippen LogP contribution in [0.4, 0.5) is 0 Å². The van der Waals surface area contributed by atoms with Gasteiger partial charge >= 0.3 is 0 Å². The lowest BCUT2D eigenvalue weighted by Crippen LogP contribution is -2.15. The molecule has 4 rings (SSSR count). The molecule has 0 fully saturated rings. The fraction of sp³-hybridized carbons (Fsp3) is 0.0909. The lowest BCUT2D eigenvalue weighted by Gasteiger charge is -2.10. The quantitative estimate of drug-likeness (QED) is 0.540. The molecule has 0 unspecified atom stereocenters. The summed E-state index contributed by atoms with van der Waals surface area (Å²) in [5.74, 6) is 0.500. The fourth-order valence-corrected chi connectivity index (χ4v) is 3.12. The first-order valence-corrected chi connectivity index (χ1v) is 8.86. The van der Waals surface area contributed by atoms with Crippen LogP contribution in [-0.2, 0) is 7.05 Å². The van der Waals surface area contributed by atoms with Crippen molar-refractivity contribution >= 4 is 0 Å². The van der Waals surface area contributed by atoms with Crippen LogP contribution in [0.1, 0.15) is 5.56 Å². The van der Waals surface area contributed by atoms with Gasteiger partial charge in [0.2, 0.25) is 5.88 Å². The van der Waals surface area contributed by atoms with Crippen LogP contribution in [0, 0.1) is 11.3 Å². The molecule has 0 spiro atoms. The lowest BCUT2D eigenvalue weighted by atomic mass is 9.99. The van der Waals surface area contributed by atoms with Crippen LogP contribution < -0.4 is 10.3 Å². The standard InChI is InChI=1S/C22H17N5O2/c1-26-14-19(18(9-22(26)28)16-7-8-21(29-2)24-11-16)17-12-25-27(13-17)20-6-4-3-5-15(20)10-23/h3-9,11-14H,1-2H3. The van der Waals surface area contributed by atoms with Gasteiger partial charge in [0.15, 0.2) is 0 Å². The Labute approximate surface area is 167 Å². The predicted octanol–water partition coefficient (Wildman–Crippen LogP) is 3.18. The van der Waals surface area contributed by atoms with Crippen LogP contribution in [0.25, 0.3) is 27.9 Å². The summed E-state index contributed by atoms with van der Waals surface area (Å²) in [6.45, 7) is 0. The maximum atomic E-state index is 12.3. The molecule has 0 saturated heterocycles. The van der Waals surface area contributed by atoms with Gasteiger partial charge in [0.25, 0.3) is 5.56 Å². The molecule has 3 heterocycles. The van der Waals surface area contributed by atoms with E-state index in [-0.39, 0.29) is 5.56 Å². The number of hydrogen-bond acceptors (Lipinski definition) is 5. The molecule has 7 nitrogen and oxygen atoms in total. The molecule has 3 aromatic heterocycles. The topological polar surface area (TPSA) is 85.7 Å². The summed E-state index contributed by atoms with van der Waals surface area (Å²) in [4.78, 5) is 16.5. The summed E-state index contributed by atoms with van der Waals surface area (Å²) in [5.41, 5.74) is 4.29. The highest BCUT2D eigenvalue weighted by atomic mass is 16.5. The third-order valence-corrected chi connectivity index (χ3v) is 4.65. The monoisotopic (exact) mass is 383 g/mol. The first-order chi connectivity index (χ1) is 14.1. The molecular formula is C22H17N5O2. The minimum atomic E-state index is -0.123. The second-order valence-corrected chi connectivity index (χ2v) is 6.44. The normalized spacial score (nSPS) is 10.5. The zero-order valence-corrected chi connectivity index (χ0v) is 15.9. The Morgan fingerprint density at radius 3 is 2.59 bits per heavy atom. The fourth-order valence-electron chi connectivity index (χ4n) is 3.12. The average molecular weight is 383 g/mol. The Bertz CT molecular complexity index is 1280. The maximum absolute atomic E-state index is 12.3. The molecule has 4 aromatic rings. The van der Waals surface area contributed by atoms with Crippen LogP contribution in [0.5, 0.6) is 5.88 Å². The molecule has 0 N–H and O–H groups in total. The molecule has 0 aliphatic heterocycles. The number of nitriles is 1. The van der Waals surface area contributed by atoms with E-state index in [0.717, 1.165) is 22.3 Å². The van der Waals surface area contributed by atoms with Gasteiger partial charge in [-0.2, -0.15) is 10.4 Å². The number of nitrogens with zero attached hydrogens (tertiary/aromatic N) is 5. The number of benzene rings is 1. The molecule has 0 aliphatic rings. The Kier molecular flexibility index (Phi) is 4.67. The molecule has 7 heteroatoms. The van der Waals surface area contributed by atoms with Gasteiger partial charge in [-0.05, 0) is 23.8 Å². The van der Waals surface area contributed by atoms with E-state index in [0.29, 0.717) is 17.1 Å². The van der Waals surface area contributed by atoms with Crippen LogP contribution in [0.3, 0.4) is 0 Å². The van der Waals surface area contributed by atoms with Crippen molar-refractivity contribution in [1.82, 2.24) is 19.3 Å². The zero-order valence-electron chi connectivity index (χ0n) is 15.9. The number of aryl methyl sites for hydroxylation is 1. The molecule has 29 heavy (non-hydrogen) atoms. The van der Waals surface area contributed by atoms with Crippen molar-refractivity contribution in [2.75, 3.05) is 7.11 Å². The molecule has 0 saturated carbocycles. The van der Waals surface area contributed by atoms with Gasteiger partial charge in [0.05, 0.1) is 24.6 Å². The second kappa shape index (κ2) is 7.44. The molecule has 1 aromatic carbocycles. The summed E-state index contributed by atoms with van der Waals surface area (Å²) in [5, 5.41) is 13.8. The van der Waals surface area contributed by atoms with Crippen molar-refractivity contribution in [3.05, 3.63) is 83.2 Å². The number of para-hydroxylation sites is 1. The van der Waals surface area contributed by atoms with Gasteiger partial charge in [-0.1, -0.05) is 12.1 Å². The molecule has 0 aliphatic carbocycles. The number of aromatic nitrogens is 4. The number of ether oxygens (including phenoxy) is 1. The Morgan fingerprint density at radius 2 is 1.86 bits per heavy atom. The van der Waals surface area contributed by atoms with E-state index in [2.05, 4.69) is 16.2 Å². The third-order valence-electron chi connectivity index (χ3n) is 4.65. The lowest BCUT2D eigenvalue weighted by molar-refractivity contribution is 0.398. The van der Waals surface area contributed by atoms with Crippen molar-refractivity contribution in [1.29, 1.82) is 5.26 Å². The number of methoxy groups -OCH3 is 1. The highest BCUT2D eigenvalue weighted by molar-refractivity contribution is 5.82. The van der Waals surface area contributed by atoms with E-state index in [4.69, 9.17) is 4.74 Å². The van der Waals surface area contributed by atoms with Crippen molar-refractivity contribution in [3.8, 4) is 39.9 Å². The summed E-state index contributed by atoms with van der Waals surface area (Å²) >= 11 is 0. The van der Waals surface area contributed by atoms with Gasteiger partial charge in [-0.3, -0.25) is 4.79 Å². The largest absolute Gasteiger partial charge is 0.481 e. The predicted molar refractivity (Wildman–Crippen MR) is 109 cm³/mol. The maximum Gasteiger partial charge on any atom is 0.250 e. The van der Waals surface area contributed by atoms with Gasteiger partial charge in [-0.15, -0.1) is 0 Å². The van der Waals surface area contributed by atoms with Crippen LogP contribution in [0.15, 0.2) is 72.0 Å². The van der Waals surface area contributed by atoms with Gasteiger partial charge < -0.3 is 9.30 Å². The number of pyridine rings is 2. The van der Waals surface area contributed by atoms with Crippen LogP contribution >= 0.6 is 0 Å². The van der Waals surface area contributed by atoms with Crippen molar-refractivity contribution in [3.63, 3.8) is 0 Å². The van der Waals surface area contributed by atoms with Crippen molar-refractivity contribution in [2.45, 2.75) is 0 Å². The van der Waals surface area contributed by atoms with Gasteiger partial charge in [0.1, 0.15) is 6.07 Å². The molecule has 0 amide bonds. The summed E-state index contributed by atoms with van der Waals surface area (Å²) in [6.07, 6.45) is 7.01. The highest BCUT2D eigenvalue weighted by Crippen LogP contribution is 2.31. The molecule has 142 valence electrons. The number of rotatable bonds is 4. The third kappa shape index (κ3) is 3.39. The SMILES string of the molecule is COc1ccc(-c2cc(=O)n(C)cc2-c2cnn(-c3ccccc3C#N)c2)cn1. The average Bonchev–Trinajstić information content (AvgIpc) is 3.25. The summed E-state index contributed by atoms with van der Waals surface area (Å²) < 4.78 is 8.31. The minimum absolute atomic E-state index is 0.123. The molecular weight excluding hydrogens is 366 g/mol. The Morgan fingerprint density at radius 1 is 1.03 bits per heavy atom. The van der Waals surface area contributed by atoms with Crippen LogP contribution in [-0.4, -0.2) is 26.4 Å². The Balaban J connectivity index is 1.85. The van der Waals surface area contributed by atoms with E-state index in [1.54, 1.807) is 55.6 Å². The first-order valence-electron chi connectivity index (χ1n) is 8.86. The molecule has 0 atom stereocenters. The molecule has 0 radical (unpaired) electrons. The summed E-state index contributed by atoms with van der Waals surface area (Å²) in [7, 11) is 3.26. The number of hydrogen-bond donors (Lipinski definition) is 0. The smallest absolute Gasteiger partial charge is 0.250 e. The summed E-state index contributed by atoms with van der Waals surface area (Å²) in [6, 6.07) is 14.6. The van der Waals surface area contributed by atoms with Crippen molar-refractivity contribution < 1.29 is 4.74 Å². The van der Waals surface area contributed by atoms with Crippen LogP contribution in [0.2, 0.25) is 0 Å². The first kappa shape index (κ1) is 18.2. The highest BCUT2D eigenvalue weighted by Gasteiger charge is 2.14.